The number of aliphatic hydroxyl groups is 1. The number of aromatic nitrogens is 2. The van der Waals surface area contributed by atoms with Crippen LogP contribution in [0, 0.1) is 6.92 Å². The Bertz CT molecular complexity index is 1390. The number of carbonyl (C=O) groups is 2. The van der Waals surface area contributed by atoms with Crippen LogP contribution in [0.3, 0.4) is 0 Å². The molecule has 204 valence electrons. The number of benzene rings is 2. The quantitative estimate of drug-likeness (QED) is 0.268. The molecule has 0 bridgehead atoms. The molecule has 0 radical (unpaired) electrons. The second-order valence-electron chi connectivity index (χ2n) is 9.42. The van der Waals surface area contributed by atoms with Gasteiger partial charge in [0.25, 0.3) is 11.7 Å². The number of morpholine rings is 1. The van der Waals surface area contributed by atoms with Gasteiger partial charge in [-0.05, 0) is 25.1 Å². The number of aliphatic hydroxyl groups excluding tert-OH is 1. The zero-order chi connectivity index (χ0) is 27.5. The molecule has 2 aliphatic heterocycles. The highest BCUT2D eigenvalue weighted by atomic mass is 16.5. The maximum Gasteiger partial charge on any atom is 0.295 e. The fraction of sp³-hybridized carbons (Fsp3) is 0.345. The summed E-state index contributed by atoms with van der Waals surface area (Å²) >= 11 is 0. The fourth-order valence-corrected chi connectivity index (χ4v) is 5.25. The van der Waals surface area contributed by atoms with Crippen LogP contribution >= 0.6 is 0 Å². The molecule has 1 unspecified atom stereocenters. The topological polar surface area (TPSA) is 106 Å². The Kier molecular flexibility index (Phi) is 7.67. The molecule has 3 heterocycles. The maximum atomic E-state index is 13.6. The molecule has 0 aliphatic carbocycles. The number of hydrogen-bond donors (Lipinski definition) is 1. The van der Waals surface area contributed by atoms with Crippen LogP contribution in [-0.4, -0.2) is 90.0 Å². The van der Waals surface area contributed by atoms with Gasteiger partial charge in [0.05, 0.1) is 62.2 Å². The highest BCUT2D eigenvalue weighted by Crippen LogP contribution is 2.45. The largest absolute Gasteiger partial charge is 0.507 e. The smallest absolute Gasteiger partial charge is 0.295 e. The lowest BCUT2D eigenvalue weighted by Gasteiger charge is -2.31. The van der Waals surface area contributed by atoms with Crippen molar-refractivity contribution in [2.75, 3.05) is 53.6 Å². The molecule has 2 fully saturated rings. The summed E-state index contributed by atoms with van der Waals surface area (Å²) in [4.78, 5) is 30.7. The van der Waals surface area contributed by atoms with Gasteiger partial charge in [-0.15, -0.1) is 0 Å². The predicted octanol–water partition coefficient (Wildman–Crippen LogP) is 2.95. The third-order valence-electron chi connectivity index (χ3n) is 7.29. The summed E-state index contributed by atoms with van der Waals surface area (Å²) in [6, 6.07) is 13.9. The highest BCUT2D eigenvalue weighted by molar-refractivity contribution is 6.46. The van der Waals surface area contributed by atoms with Crippen molar-refractivity contribution in [2.45, 2.75) is 13.0 Å². The molecule has 1 amide bonds. The molecule has 1 aromatic heterocycles. The minimum Gasteiger partial charge on any atom is -0.507 e. The summed E-state index contributed by atoms with van der Waals surface area (Å²) < 4.78 is 18.3. The van der Waals surface area contributed by atoms with Gasteiger partial charge in [0, 0.05) is 31.7 Å². The lowest BCUT2D eigenvalue weighted by Crippen LogP contribution is -2.42. The van der Waals surface area contributed by atoms with Crippen LogP contribution in [0.4, 0.5) is 0 Å². The van der Waals surface area contributed by atoms with Gasteiger partial charge in [-0.1, -0.05) is 30.3 Å². The first-order valence-electron chi connectivity index (χ1n) is 12.9. The second kappa shape index (κ2) is 11.3. The molecule has 10 heteroatoms. The number of nitrogens with zero attached hydrogens (tertiary/aromatic N) is 4. The Morgan fingerprint density at radius 2 is 1.77 bits per heavy atom. The molecular formula is C29H32N4O6. The Balaban J connectivity index is 1.62. The van der Waals surface area contributed by atoms with Crippen LogP contribution in [-0.2, 0) is 14.3 Å². The number of amides is 1. The third kappa shape index (κ3) is 4.88. The van der Waals surface area contributed by atoms with Gasteiger partial charge < -0.3 is 24.2 Å². The molecule has 39 heavy (non-hydrogen) atoms. The molecule has 0 saturated carbocycles. The molecular weight excluding hydrogens is 500 g/mol. The molecule has 5 rings (SSSR count). The van der Waals surface area contributed by atoms with E-state index < -0.39 is 17.7 Å². The molecule has 10 nitrogen and oxygen atoms in total. The highest BCUT2D eigenvalue weighted by Gasteiger charge is 2.47. The van der Waals surface area contributed by atoms with Gasteiger partial charge >= 0.3 is 0 Å². The van der Waals surface area contributed by atoms with Gasteiger partial charge in [0.15, 0.2) is 11.5 Å². The van der Waals surface area contributed by atoms with E-state index in [9.17, 15) is 14.7 Å². The minimum absolute atomic E-state index is 0.00996. The van der Waals surface area contributed by atoms with Crippen molar-refractivity contribution in [3.8, 4) is 17.2 Å². The lowest BCUT2D eigenvalue weighted by atomic mass is 9.94. The predicted molar refractivity (Wildman–Crippen MR) is 144 cm³/mol. The van der Waals surface area contributed by atoms with Crippen LogP contribution in [0.5, 0.6) is 11.5 Å². The van der Waals surface area contributed by atoms with Gasteiger partial charge in [-0.3, -0.25) is 14.5 Å². The molecule has 2 aromatic carbocycles. The average molecular weight is 533 g/mol. The SMILES string of the molecule is COc1cccc(C2C(=C(O)c3cnn(-c4ccccc4)c3C)C(=O)C(=O)N2CCN2CCOCC2)c1OC. The van der Waals surface area contributed by atoms with Crippen LogP contribution in [0.1, 0.15) is 22.9 Å². The first-order chi connectivity index (χ1) is 19.0. The minimum atomic E-state index is -0.879. The van der Waals surface area contributed by atoms with E-state index >= 15 is 0 Å². The average Bonchev–Trinajstić information content (AvgIpc) is 3.48. The maximum absolute atomic E-state index is 13.6. The van der Waals surface area contributed by atoms with E-state index in [1.54, 1.807) is 22.9 Å². The van der Waals surface area contributed by atoms with E-state index in [2.05, 4.69) is 10.00 Å². The van der Waals surface area contributed by atoms with Crippen molar-refractivity contribution >= 4 is 17.4 Å². The number of ketones is 1. The summed E-state index contributed by atoms with van der Waals surface area (Å²) in [5, 5.41) is 16.1. The number of rotatable bonds is 8. The number of para-hydroxylation sites is 2. The van der Waals surface area contributed by atoms with Crippen molar-refractivity contribution in [1.82, 2.24) is 19.6 Å². The van der Waals surface area contributed by atoms with E-state index in [1.165, 1.54) is 25.3 Å². The van der Waals surface area contributed by atoms with Gasteiger partial charge in [0.2, 0.25) is 0 Å². The Morgan fingerprint density at radius 3 is 2.46 bits per heavy atom. The number of likely N-dealkylation sites (tertiary alicyclic amines) is 1. The van der Waals surface area contributed by atoms with Crippen LogP contribution in [0.2, 0.25) is 0 Å². The summed E-state index contributed by atoms with van der Waals surface area (Å²) in [7, 11) is 3.04. The molecule has 2 saturated heterocycles. The Hall–Kier alpha value is -4.15. The summed E-state index contributed by atoms with van der Waals surface area (Å²) in [5.74, 6) is -0.853. The van der Waals surface area contributed by atoms with E-state index in [0.717, 1.165) is 18.8 Å². The lowest BCUT2D eigenvalue weighted by molar-refractivity contribution is -0.140. The van der Waals surface area contributed by atoms with Crippen LogP contribution < -0.4 is 9.47 Å². The fourth-order valence-electron chi connectivity index (χ4n) is 5.25. The Labute approximate surface area is 227 Å². The number of ether oxygens (including phenoxy) is 3. The van der Waals surface area contributed by atoms with E-state index in [1.807, 2.05) is 37.3 Å². The van der Waals surface area contributed by atoms with Gasteiger partial charge in [-0.2, -0.15) is 5.10 Å². The monoisotopic (exact) mass is 532 g/mol. The standard InChI is InChI=1S/C29H32N4O6/c1-19-22(18-30-33(19)20-8-5-4-6-9-20)26(34)24-25(21-10-7-11-23(37-2)28(21)38-3)32(29(36)27(24)35)13-12-31-14-16-39-17-15-31/h4-11,18,25,34H,12-17H2,1-3H3. The van der Waals surface area contributed by atoms with Gasteiger partial charge in [0.1, 0.15) is 5.76 Å². The zero-order valence-electron chi connectivity index (χ0n) is 22.3. The molecule has 1 N–H and O–H groups in total. The van der Waals surface area contributed by atoms with E-state index in [4.69, 9.17) is 14.2 Å². The molecule has 1 atom stereocenters. The molecule has 0 spiro atoms. The van der Waals surface area contributed by atoms with Crippen molar-refractivity contribution in [2.24, 2.45) is 0 Å². The summed E-state index contributed by atoms with van der Waals surface area (Å²) in [6.45, 7) is 5.39. The van der Waals surface area contributed by atoms with Crippen LogP contribution in [0.25, 0.3) is 11.4 Å². The van der Waals surface area contributed by atoms with E-state index in [-0.39, 0.29) is 17.9 Å². The first kappa shape index (κ1) is 26.5. The van der Waals surface area contributed by atoms with Crippen molar-refractivity contribution in [1.29, 1.82) is 0 Å². The number of hydrogen-bond acceptors (Lipinski definition) is 8. The third-order valence-corrected chi connectivity index (χ3v) is 7.29. The second-order valence-corrected chi connectivity index (χ2v) is 9.42. The molecule has 2 aliphatic rings. The Morgan fingerprint density at radius 1 is 1.03 bits per heavy atom. The first-order valence-corrected chi connectivity index (χ1v) is 12.9. The molecule has 3 aromatic rings. The van der Waals surface area contributed by atoms with Gasteiger partial charge in [-0.25, -0.2) is 4.68 Å². The van der Waals surface area contributed by atoms with Crippen molar-refractivity contribution in [3.05, 3.63) is 77.1 Å². The summed E-state index contributed by atoms with van der Waals surface area (Å²) in [5.41, 5.74) is 2.36. The van der Waals surface area contributed by atoms with Crippen LogP contribution in [0.15, 0.2) is 60.3 Å². The van der Waals surface area contributed by atoms with E-state index in [0.29, 0.717) is 48.1 Å². The number of Topliss-reactive ketones (excluding diaryl/α,β-unsaturated/α-hetero) is 1. The number of carbonyl (C=O) groups excluding carboxylic acids is 2. The van der Waals surface area contributed by atoms with Crippen molar-refractivity contribution in [3.63, 3.8) is 0 Å². The number of methoxy groups -OCH3 is 2. The van der Waals surface area contributed by atoms with Crippen molar-refractivity contribution < 1.29 is 28.9 Å². The normalized spacial score (nSPS) is 19.5. The zero-order valence-corrected chi connectivity index (χ0v) is 22.3. The summed E-state index contributed by atoms with van der Waals surface area (Å²) in [6.07, 6.45) is 1.51.